The molecule has 1 aromatic carbocycles. The van der Waals surface area contributed by atoms with E-state index < -0.39 is 0 Å². The van der Waals surface area contributed by atoms with Crippen LogP contribution in [-0.2, 0) is 4.79 Å². The summed E-state index contributed by atoms with van der Waals surface area (Å²) < 4.78 is 0. The van der Waals surface area contributed by atoms with E-state index in [1.807, 2.05) is 36.0 Å². The summed E-state index contributed by atoms with van der Waals surface area (Å²) in [6.07, 6.45) is 4.99. The Labute approximate surface area is 138 Å². The number of amides is 2. The van der Waals surface area contributed by atoms with Crippen LogP contribution in [0.1, 0.15) is 42.5 Å². The Hall–Kier alpha value is -2.04. The fourth-order valence-corrected chi connectivity index (χ4v) is 2.77. The number of benzene rings is 1. The maximum atomic E-state index is 12.2. The lowest BCUT2D eigenvalue weighted by molar-refractivity contribution is -0.131. The number of carbonyl (C=O) groups excluding carboxylic acids is 2. The number of nitrogens with one attached hydrogen (secondary N) is 1. The van der Waals surface area contributed by atoms with E-state index in [0.717, 1.165) is 31.6 Å². The normalized spacial score (nSPS) is 15.0. The molecule has 1 N–H and O–H groups in total. The maximum Gasteiger partial charge on any atom is 0.251 e. The first kappa shape index (κ1) is 17.3. The summed E-state index contributed by atoms with van der Waals surface area (Å²) in [5.41, 5.74) is 1.68. The largest absolute Gasteiger partial charge is 0.378 e. The number of nitrogens with zero attached hydrogens (tertiary/aromatic N) is 2. The molecule has 23 heavy (non-hydrogen) atoms. The second kappa shape index (κ2) is 8.56. The van der Waals surface area contributed by atoms with Gasteiger partial charge in [-0.1, -0.05) is 12.8 Å². The smallest absolute Gasteiger partial charge is 0.251 e. The van der Waals surface area contributed by atoms with Crippen molar-refractivity contribution >= 4 is 17.5 Å². The van der Waals surface area contributed by atoms with Crippen LogP contribution < -0.4 is 10.2 Å². The van der Waals surface area contributed by atoms with Gasteiger partial charge in [0.05, 0.1) is 0 Å². The highest BCUT2D eigenvalue weighted by molar-refractivity contribution is 5.94. The quantitative estimate of drug-likeness (QED) is 0.906. The fourth-order valence-electron chi connectivity index (χ4n) is 2.77. The van der Waals surface area contributed by atoms with Gasteiger partial charge < -0.3 is 15.1 Å². The lowest BCUT2D eigenvalue weighted by atomic mass is 10.2. The zero-order valence-corrected chi connectivity index (χ0v) is 14.2. The Bertz CT molecular complexity index is 518. The molecule has 5 heteroatoms. The van der Waals surface area contributed by atoms with Gasteiger partial charge in [0.2, 0.25) is 5.91 Å². The van der Waals surface area contributed by atoms with Crippen LogP contribution >= 0.6 is 0 Å². The van der Waals surface area contributed by atoms with Crippen molar-refractivity contribution in [1.29, 1.82) is 0 Å². The predicted octanol–water partition coefficient (Wildman–Crippen LogP) is 2.28. The van der Waals surface area contributed by atoms with Crippen LogP contribution in [0, 0.1) is 0 Å². The molecule has 0 atom stereocenters. The van der Waals surface area contributed by atoms with E-state index in [0.29, 0.717) is 18.5 Å². The number of hydrogen-bond acceptors (Lipinski definition) is 3. The second-order valence-corrected chi connectivity index (χ2v) is 6.24. The highest BCUT2D eigenvalue weighted by Gasteiger charge is 2.15. The Morgan fingerprint density at radius 1 is 1.04 bits per heavy atom. The third-order valence-electron chi connectivity index (χ3n) is 4.23. The average molecular weight is 317 g/mol. The van der Waals surface area contributed by atoms with Crippen molar-refractivity contribution in [2.75, 3.05) is 38.6 Å². The van der Waals surface area contributed by atoms with Gasteiger partial charge in [0.15, 0.2) is 0 Å². The highest BCUT2D eigenvalue weighted by Crippen LogP contribution is 2.12. The number of rotatable bonds is 5. The Balaban J connectivity index is 1.76. The molecule has 1 heterocycles. The zero-order valence-electron chi connectivity index (χ0n) is 14.2. The zero-order chi connectivity index (χ0) is 16.7. The highest BCUT2D eigenvalue weighted by atomic mass is 16.2. The summed E-state index contributed by atoms with van der Waals surface area (Å²) in [5, 5.41) is 2.83. The van der Waals surface area contributed by atoms with E-state index in [1.54, 1.807) is 12.1 Å². The summed E-state index contributed by atoms with van der Waals surface area (Å²) in [4.78, 5) is 28.2. The van der Waals surface area contributed by atoms with Crippen LogP contribution in [-0.4, -0.2) is 50.4 Å². The van der Waals surface area contributed by atoms with Crippen LogP contribution in [0.3, 0.4) is 0 Å². The average Bonchev–Trinajstić information content (AvgIpc) is 2.84. The molecule has 1 aliphatic heterocycles. The molecule has 0 saturated carbocycles. The van der Waals surface area contributed by atoms with Gasteiger partial charge in [-0.15, -0.1) is 0 Å². The number of hydrogen-bond donors (Lipinski definition) is 1. The van der Waals surface area contributed by atoms with Crippen molar-refractivity contribution in [1.82, 2.24) is 10.2 Å². The van der Waals surface area contributed by atoms with Crippen molar-refractivity contribution in [3.05, 3.63) is 29.8 Å². The molecule has 0 bridgehead atoms. The van der Waals surface area contributed by atoms with E-state index in [9.17, 15) is 9.59 Å². The van der Waals surface area contributed by atoms with Crippen LogP contribution in [0.2, 0.25) is 0 Å². The summed E-state index contributed by atoms with van der Waals surface area (Å²) in [5.74, 6) is 0.0223. The molecule has 1 aromatic rings. The molecule has 126 valence electrons. The number of likely N-dealkylation sites (tertiary alicyclic amines) is 1. The fraction of sp³-hybridized carbons (Fsp3) is 0.556. The lowest BCUT2D eigenvalue weighted by Crippen LogP contribution is -2.35. The molecule has 0 aromatic heterocycles. The minimum absolute atomic E-state index is 0.126. The molecule has 0 unspecified atom stereocenters. The van der Waals surface area contributed by atoms with Gasteiger partial charge in [0.25, 0.3) is 5.91 Å². The van der Waals surface area contributed by atoms with Gasteiger partial charge in [-0.05, 0) is 37.1 Å². The van der Waals surface area contributed by atoms with E-state index in [1.165, 1.54) is 12.8 Å². The van der Waals surface area contributed by atoms with Crippen molar-refractivity contribution in [2.45, 2.75) is 32.1 Å². The second-order valence-electron chi connectivity index (χ2n) is 6.24. The molecule has 1 aliphatic rings. The van der Waals surface area contributed by atoms with Crippen molar-refractivity contribution in [3.8, 4) is 0 Å². The molecule has 0 aliphatic carbocycles. The predicted molar refractivity (Wildman–Crippen MR) is 92.8 cm³/mol. The summed E-state index contributed by atoms with van der Waals surface area (Å²) in [6, 6.07) is 7.44. The van der Waals surface area contributed by atoms with E-state index in [4.69, 9.17) is 0 Å². The minimum Gasteiger partial charge on any atom is -0.378 e. The van der Waals surface area contributed by atoms with Gasteiger partial charge in [0.1, 0.15) is 0 Å². The SMILES string of the molecule is CN(C)c1ccc(C(=O)NCCC(=O)N2CCCCCC2)cc1. The first-order valence-corrected chi connectivity index (χ1v) is 8.41. The number of carbonyl (C=O) groups is 2. The van der Waals surface area contributed by atoms with Gasteiger partial charge in [0, 0.05) is 51.4 Å². The molecule has 5 nitrogen and oxygen atoms in total. The molecule has 2 rings (SSSR count). The topological polar surface area (TPSA) is 52.7 Å². The minimum atomic E-state index is -0.126. The van der Waals surface area contributed by atoms with Crippen LogP contribution in [0.25, 0.3) is 0 Å². The van der Waals surface area contributed by atoms with Gasteiger partial charge in [-0.3, -0.25) is 9.59 Å². The summed E-state index contributed by atoms with van der Waals surface area (Å²) in [6.45, 7) is 2.11. The molecular formula is C18H27N3O2. The van der Waals surface area contributed by atoms with Crippen LogP contribution in [0.15, 0.2) is 24.3 Å². The Morgan fingerprint density at radius 2 is 1.65 bits per heavy atom. The van der Waals surface area contributed by atoms with Crippen LogP contribution in [0.4, 0.5) is 5.69 Å². The first-order chi connectivity index (χ1) is 11.1. The third-order valence-corrected chi connectivity index (χ3v) is 4.23. The number of anilines is 1. The van der Waals surface area contributed by atoms with Crippen molar-refractivity contribution in [2.24, 2.45) is 0 Å². The molecular weight excluding hydrogens is 290 g/mol. The lowest BCUT2D eigenvalue weighted by Gasteiger charge is -2.20. The summed E-state index contributed by atoms with van der Waals surface area (Å²) >= 11 is 0. The third kappa shape index (κ3) is 5.27. The standard InChI is InChI=1S/C18H27N3O2/c1-20(2)16-9-7-15(8-10-16)18(23)19-12-11-17(22)21-13-5-3-4-6-14-21/h7-10H,3-6,11-14H2,1-2H3,(H,19,23). The molecule has 0 radical (unpaired) electrons. The summed E-state index contributed by atoms with van der Waals surface area (Å²) in [7, 11) is 3.92. The van der Waals surface area contributed by atoms with E-state index >= 15 is 0 Å². The first-order valence-electron chi connectivity index (χ1n) is 8.41. The molecule has 1 saturated heterocycles. The van der Waals surface area contributed by atoms with Gasteiger partial charge in [-0.2, -0.15) is 0 Å². The van der Waals surface area contributed by atoms with Crippen molar-refractivity contribution in [3.63, 3.8) is 0 Å². The Morgan fingerprint density at radius 3 is 2.22 bits per heavy atom. The van der Waals surface area contributed by atoms with E-state index in [2.05, 4.69) is 5.32 Å². The van der Waals surface area contributed by atoms with Gasteiger partial charge >= 0.3 is 0 Å². The van der Waals surface area contributed by atoms with Crippen molar-refractivity contribution < 1.29 is 9.59 Å². The monoisotopic (exact) mass is 317 g/mol. The van der Waals surface area contributed by atoms with Gasteiger partial charge in [-0.25, -0.2) is 0 Å². The maximum absolute atomic E-state index is 12.2. The molecule has 1 fully saturated rings. The van der Waals surface area contributed by atoms with E-state index in [-0.39, 0.29) is 11.8 Å². The molecule has 0 spiro atoms. The Kier molecular flexibility index (Phi) is 6.44. The van der Waals surface area contributed by atoms with Crippen LogP contribution in [0.5, 0.6) is 0 Å². The molecule has 2 amide bonds.